The molecule has 1 unspecified atom stereocenters. The van der Waals surface area contributed by atoms with Gasteiger partial charge in [-0.15, -0.1) is 0 Å². The number of nitrogens with two attached hydrogens (primary N) is 1. The third kappa shape index (κ3) is 4.30. The molecule has 0 spiro atoms. The summed E-state index contributed by atoms with van der Waals surface area (Å²) in [6.45, 7) is 3.91. The maximum atomic E-state index is 13.7. The number of halogens is 2. The van der Waals surface area contributed by atoms with E-state index in [-0.39, 0.29) is 28.8 Å². The number of hydrogen-bond acceptors (Lipinski definition) is 4. The van der Waals surface area contributed by atoms with E-state index >= 15 is 0 Å². The topological polar surface area (TPSA) is 84.0 Å². The Bertz CT molecular complexity index is 805. The number of benzene rings is 1. The van der Waals surface area contributed by atoms with Crippen LogP contribution < -0.4 is 5.73 Å². The van der Waals surface area contributed by atoms with Gasteiger partial charge in [-0.05, 0) is 48.7 Å². The third-order valence-corrected chi connectivity index (χ3v) is 4.87. The van der Waals surface area contributed by atoms with E-state index in [1.165, 1.54) is 12.1 Å². The standard InChI is InChI=1S/C16H19ClFN3O2S/c1-10-14(11(2)21(20-10)9-13(18)5-6-19)7-12-3-4-16(24(22)23)15(17)8-12/h3-5,8H,6-7,9,19H2,1-2H3,(H,22,23)/p-1. The van der Waals surface area contributed by atoms with Gasteiger partial charge in [0.25, 0.3) is 0 Å². The largest absolute Gasteiger partial charge is 0.768 e. The van der Waals surface area contributed by atoms with Crippen LogP contribution in [0.5, 0.6) is 0 Å². The molecule has 5 nitrogen and oxygen atoms in total. The molecule has 1 heterocycles. The summed E-state index contributed by atoms with van der Waals surface area (Å²) < 4.78 is 37.3. The quantitative estimate of drug-likeness (QED) is 0.792. The summed E-state index contributed by atoms with van der Waals surface area (Å²) in [5.41, 5.74) is 8.76. The molecule has 2 aromatic rings. The number of aromatic nitrogens is 2. The lowest BCUT2D eigenvalue weighted by Gasteiger charge is -2.10. The number of nitrogens with zero attached hydrogens (tertiary/aromatic N) is 2. The monoisotopic (exact) mass is 370 g/mol. The third-order valence-electron chi connectivity index (χ3n) is 3.73. The van der Waals surface area contributed by atoms with E-state index in [0.29, 0.717) is 6.42 Å². The van der Waals surface area contributed by atoms with Gasteiger partial charge in [-0.25, -0.2) is 4.39 Å². The first kappa shape index (κ1) is 18.8. The van der Waals surface area contributed by atoms with Gasteiger partial charge in [-0.3, -0.25) is 8.89 Å². The molecule has 0 saturated heterocycles. The molecule has 0 saturated carbocycles. The van der Waals surface area contributed by atoms with Crippen LogP contribution >= 0.6 is 11.6 Å². The summed E-state index contributed by atoms with van der Waals surface area (Å²) in [4.78, 5) is 0.0681. The van der Waals surface area contributed by atoms with Crippen molar-refractivity contribution in [2.45, 2.75) is 31.7 Å². The summed E-state index contributed by atoms with van der Waals surface area (Å²) in [5.74, 6) is -0.333. The van der Waals surface area contributed by atoms with E-state index < -0.39 is 11.1 Å². The average Bonchev–Trinajstić information content (AvgIpc) is 2.75. The van der Waals surface area contributed by atoms with Crippen LogP contribution in [-0.2, 0) is 24.0 Å². The number of aryl methyl sites for hydroxylation is 1. The predicted octanol–water partition coefficient (Wildman–Crippen LogP) is 2.79. The predicted molar refractivity (Wildman–Crippen MR) is 91.4 cm³/mol. The van der Waals surface area contributed by atoms with Gasteiger partial charge in [0, 0.05) is 29.1 Å². The van der Waals surface area contributed by atoms with Crippen LogP contribution in [0.2, 0.25) is 5.02 Å². The number of rotatable bonds is 6. The van der Waals surface area contributed by atoms with Gasteiger partial charge < -0.3 is 10.3 Å². The number of allylic oxidation sites excluding steroid dienone is 1. The van der Waals surface area contributed by atoms with Crippen LogP contribution in [0.25, 0.3) is 0 Å². The minimum Gasteiger partial charge on any atom is -0.768 e. The van der Waals surface area contributed by atoms with E-state index in [1.54, 1.807) is 16.8 Å². The Kier molecular flexibility index (Phi) is 6.28. The van der Waals surface area contributed by atoms with E-state index in [0.717, 1.165) is 22.5 Å². The summed E-state index contributed by atoms with van der Waals surface area (Å²) in [7, 11) is 0. The van der Waals surface area contributed by atoms with E-state index in [2.05, 4.69) is 5.10 Å². The fourth-order valence-corrected chi connectivity index (χ4v) is 3.26. The molecule has 0 radical (unpaired) electrons. The minimum absolute atomic E-state index is 0.0404. The summed E-state index contributed by atoms with van der Waals surface area (Å²) >= 11 is 3.63. The Labute approximate surface area is 147 Å². The average molecular weight is 371 g/mol. The van der Waals surface area contributed by atoms with Crippen molar-refractivity contribution >= 4 is 22.7 Å². The van der Waals surface area contributed by atoms with Crippen LogP contribution in [0.1, 0.15) is 22.5 Å². The van der Waals surface area contributed by atoms with Gasteiger partial charge in [0.05, 0.1) is 17.3 Å². The number of hydrogen-bond donors (Lipinski definition) is 1. The molecule has 24 heavy (non-hydrogen) atoms. The zero-order valence-corrected chi connectivity index (χ0v) is 15.0. The molecule has 2 N–H and O–H groups in total. The molecule has 0 aliphatic carbocycles. The fourth-order valence-electron chi connectivity index (χ4n) is 2.47. The lowest BCUT2D eigenvalue weighted by molar-refractivity contribution is 0.517. The highest BCUT2D eigenvalue weighted by molar-refractivity contribution is 7.79. The summed E-state index contributed by atoms with van der Waals surface area (Å²) in [6, 6.07) is 4.81. The molecule has 0 fully saturated rings. The van der Waals surface area contributed by atoms with E-state index in [4.69, 9.17) is 17.3 Å². The van der Waals surface area contributed by atoms with Gasteiger partial charge in [0.15, 0.2) is 0 Å². The van der Waals surface area contributed by atoms with Gasteiger partial charge in [-0.2, -0.15) is 5.10 Å². The van der Waals surface area contributed by atoms with E-state index in [1.807, 2.05) is 13.8 Å². The first-order chi connectivity index (χ1) is 11.3. The zero-order chi connectivity index (χ0) is 17.9. The zero-order valence-electron chi connectivity index (χ0n) is 13.4. The van der Waals surface area contributed by atoms with Crippen LogP contribution in [-0.4, -0.2) is 25.1 Å². The van der Waals surface area contributed by atoms with Gasteiger partial charge in [0.2, 0.25) is 0 Å². The molecule has 0 bridgehead atoms. The highest BCUT2D eigenvalue weighted by Gasteiger charge is 2.14. The first-order valence-electron chi connectivity index (χ1n) is 7.28. The van der Waals surface area contributed by atoms with Crippen molar-refractivity contribution in [1.82, 2.24) is 9.78 Å². The van der Waals surface area contributed by atoms with E-state index in [9.17, 15) is 13.2 Å². The Morgan fingerprint density at radius 2 is 2.21 bits per heavy atom. The second-order valence-electron chi connectivity index (χ2n) is 5.37. The van der Waals surface area contributed by atoms with Crippen LogP contribution in [0.3, 0.4) is 0 Å². The Morgan fingerprint density at radius 1 is 1.50 bits per heavy atom. The molecule has 1 atom stereocenters. The SMILES string of the molecule is Cc1nn(CC(F)=CCN)c(C)c1Cc1ccc(S(=O)[O-])c(Cl)c1. The van der Waals surface area contributed by atoms with Crippen molar-refractivity contribution in [2.24, 2.45) is 5.73 Å². The molecule has 0 amide bonds. The van der Waals surface area contributed by atoms with Crippen molar-refractivity contribution in [1.29, 1.82) is 0 Å². The Hall–Kier alpha value is -1.54. The molecule has 0 aliphatic heterocycles. The second-order valence-corrected chi connectivity index (χ2v) is 6.69. The fraction of sp³-hybridized carbons (Fsp3) is 0.312. The molecule has 0 aliphatic rings. The lowest BCUT2D eigenvalue weighted by atomic mass is 10.0. The van der Waals surface area contributed by atoms with Crippen LogP contribution in [0.4, 0.5) is 4.39 Å². The first-order valence-corrected chi connectivity index (χ1v) is 8.74. The second kappa shape index (κ2) is 8.02. The Morgan fingerprint density at radius 3 is 2.79 bits per heavy atom. The molecular formula is C16H18ClFN3O2S-. The smallest absolute Gasteiger partial charge is 0.119 e. The van der Waals surface area contributed by atoms with Crippen molar-refractivity contribution in [3.05, 3.63) is 57.6 Å². The van der Waals surface area contributed by atoms with Crippen LogP contribution in [0, 0.1) is 13.8 Å². The molecule has 8 heteroatoms. The van der Waals surface area contributed by atoms with Gasteiger partial charge >= 0.3 is 0 Å². The highest BCUT2D eigenvalue weighted by atomic mass is 35.5. The normalized spacial score (nSPS) is 13.3. The molecule has 1 aromatic carbocycles. The molecule has 130 valence electrons. The van der Waals surface area contributed by atoms with Gasteiger partial charge in [0.1, 0.15) is 5.83 Å². The summed E-state index contributed by atoms with van der Waals surface area (Å²) in [5, 5.41) is 4.54. The van der Waals surface area contributed by atoms with Crippen LogP contribution in [0.15, 0.2) is 35.0 Å². The maximum Gasteiger partial charge on any atom is 0.119 e. The highest BCUT2D eigenvalue weighted by Crippen LogP contribution is 2.24. The van der Waals surface area contributed by atoms with Crippen molar-refractivity contribution in [2.75, 3.05) is 6.54 Å². The minimum atomic E-state index is -2.37. The maximum absolute atomic E-state index is 13.7. The molecule has 1 aromatic heterocycles. The van der Waals surface area contributed by atoms with Crippen molar-refractivity contribution < 1.29 is 13.2 Å². The lowest BCUT2D eigenvalue weighted by Crippen LogP contribution is -2.05. The Balaban J connectivity index is 2.27. The van der Waals surface area contributed by atoms with Gasteiger partial charge in [-0.1, -0.05) is 17.7 Å². The molecular weight excluding hydrogens is 353 g/mol. The van der Waals surface area contributed by atoms with Crippen molar-refractivity contribution in [3.8, 4) is 0 Å². The van der Waals surface area contributed by atoms with Crippen molar-refractivity contribution in [3.63, 3.8) is 0 Å². The summed E-state index contributed by atoms with van der Waals surface area (Å²) in [6.07, 6.45) is 1.85. The molecule has 2 rings (SSSR count).